The van der Waals surface area contributed by atoms with Crippen molar-refractivity contribution in [3.63, 3.8) is 0 Å². The Bertz CT molecular complexity index is 1040. The van der Waals surface area contributed by atoms with Gasteiger partial charge in [0.1, 0.15) is 12.4 Å². The molecule has 4 aromatic rings. The van der Waals surface area contributed by atoms with Gasteiger partial charge in [-0.25, -0.2) is 0 Å². The molecule has 0 radical (unpaired) electrons. The molecule has 0 bridgehead atoms. The van der Waals surface area contributed by atoms with E-state index in [1.54, 1.807) is 18.2 Å². The van der Waals surface area contributed by atoms with E-state index in [9.17, 15) is 4.79 Å². The molecule has 3 aromatic carbocycles. The molecule has 4 rings (SSSR count). The van der Waals surface area contributed by atoms with E-state index in [1.165, 1.54) is 0 Å². The number of anilines is 1. The van der Waals surface area contributed by atoms with Gasteiger partial charge in [-0.1, -0.05) is 65.8 Å². The maximum atomic E-state index is 12.4. The highest BCUT2D eigenvalue weighted by atomic mass is 16.5. The zero-order valence-electron chi connectivity index (χ0n) is 15.0. The first-order valence-electron chi connectivity index (χ1n) is 8.88. The second-order valence-corrected chi connectivity index (χ2v) is 6.20. The predicted molar refractivity (Wildman–Crippen MR) is 107 cm³/mol. The minimum atomic E-state index is -0.330. The molecular formula is C23H18N2O3. The number of benzene rings is 3. The van der Waals surface area contributed by atoms with Gasteiger partial charge in [-0.05, 0) is 29.8 Å². The lowest BCUT2D eigenvalue weighted by atomic mass is 10.1. The Labute approximate surface area is 162 Å². The minimum Gasteiger partial charge on any atom is -0.489 e. The number of hydrogen-bond acceptors (Lipinski definition) is 4. The fourth-order valence-corrected chi connectivity index (χ4v) is 2.69. The summed E-state index contributed by atoms with van der Waals surface area (Å²) in [7, 11) is 0. The summed E-state index contributed by atoms with van der Waals surface area (Å²) in [5, 5.41) is 6.66. The Kier molecular flexibility index (Phi) is 5.15. The summed E-state index contributed by atoms with van der Waals surface area (Å²) >= 11 is 0. The van der Waals surface area contributed by atoms with Crippen molar-refractivity contribution in [3.05, 3.63) is 102 Å². The monoisotopic (exact) mass is 370 g/mol. The van der Waals surface area contributed by atoms with Gasteiger partial charge in [0, 0.05) is 17.3 Å². The predicted octanol–water partition coefficient (Wildman–Crippen LogP) is 5.17. The number of carbonyl (C=O) groups excluding carboxylic acids is 1. The van der Waals surface area contributed by atoms with Crippen LogP contribution in [-0.4, -0.2) is 11.1 Å². The van der Waals surface area contributed by atoms with Crippen molar-refractivity contribution in [1.82, 2.24) is 5.16 Å². The third kappa shape index (κ3) is 4.27. The lowest BCUT2D eigenvalue weighted by molar-refractivity contribution is 0.101. The second kappa shape index (κ2) is 8.22. The third-order valence-electron chi connectivity index (χ3n) is 4.16. The van der Waals surface area contributed by atoms with Gasteiger partial charge >= 0.3 is 0 Å². The van der Waals surface area contributed by atoms with Crippen molar-refractivity contribution in [3.8, 4) is 17.1 Å². The standard InChI is InChI=1S/C23H18N2O3/c26-23(21-15-22(28-25-21)18-9-5-2-6-10-18)24-19-11-13-20(14-12-19)27-16-17-7-3-1-4-8-17/h1-15H,16H2,(H,24,26). The van der Waals surface area contributed by atoms with E-state index in [0.29, 0.717) is 18.1 Å². The summed E-state index contributed by atoms with van der Waals surface area (Å²) in [5.41, 5.74) is 2.85. The van der Waals surface area contributed by atoms with Crippen LogP contribution in [-0.2, 0) is 6.61 Å². The SMILES string of the molecule is O=C(Nc1ccc(OCc2ccccc2)cc1)c1cc(-c2ccccc2)on1. The first-order chi connectivity index (χ1) is 13.8. The number of carbonyl (C=O) groups is 1. The first-order valence-corrected chi connectivity index (χ1v) is 8.88. The van der Waals surface area contributed by atoms with Crippen molar-refractivity contribution < 1.29 is 14.1 Å². The average molecular weight is 370 g/mol. The van der Waals surface area contributed by atoms with E-state index in [4.69, 9.17) is 9.26 Å². The van der Waals surface area contributed by atoms with Gasteiger partial charge in [0.25, 0.3) is 5.91 Å². The Morgan fingerprint density at radius 1 is 0.893 bits per heavy atom. The number of rotatable bonds is 6. The smallest absolute Gasteiger partial charge is 0.277 e. The second-order valence-electron chi connectivity index (χ2n) is 6.20. The zero-order valence-corrected chi connectivity index (χ0v) is 15.0. The van der Waals surface area contributed by atoms with Crippen molar-refractivity contribution >= 4 is 11.6 Å². The Morgan fingerprint density at radius 3 is 2.29 bits per heavy atom. The van der Waals surface area contributed by atoms with Crippen LogP contribution in [0.5, 0.6) is 5.75 Å². The van der Waals surface area contributed by atoms with Crippen LogP contribution in [0.3, 0.4) is 0 Å². The van der Waals surface area contributed by atoms with E-state index in [-0.39, 0.29) is 11.6 Å². The summed E-state index contributed by atoms with van der Waals surface area (Å²) in [6.45, 7) is 0.494. The van der Waals surface area contributed by atoms with Crippen molar-refractivity contribution in [2.75, 3.05) is 5.32 Å². The molecule has 0 unspecified atom stereocenters. The van der Waals surface area contributed by atoms with E-state index in [1.807, 2.05) is 72.8 Å². The summed E-state index contributed by atoms with van der Waals surface area (Å²) in [5.74, 6) is 0.953. The normalized spacial score (nSPS) is 10.4. The molecule has 5 heteroatoms. The highest BCUT2D eigenvalue weighted by Gasteiger charge is 2.13. The van der Waals surface area contributed by atoms with Gasteiger partial charge in [0.05, 0.1) is 0 Å². The van der Waals surface area contributed by atoms with Crippen LogP contribution in [0.1, 0.15) is 16.1 Å². The van der Waals surface area contributed by atoms with E-state index < -0.39 is 0 Å². The lowest BCUT2D eigenvalue weighted by Gasteiger charge is -2.08. The van der Waals surface area contributed by atoms with Crippen LogP contribution >= 0.6 is 0 Å². The van der Waals surface area contributed by atoms with E-state index >= 15 is 0 Å². The highest BCUT2D eigenvalue weighted by molar-refractivity contribution is 6.03. The van der Waals surface area contributed by atoms with Crippen molar-refractivity contribution in [2.45, 2.75) is 6.61 Å². The van der Waals surface area contributed by atoms with Crippen LogP contribution in [0, 0.1) is 0 Å². The van der Waals surface area contributed by atoms with Crippen LogP contribution < -0.4 is 10.1 Å². The van der Waals surface area contributed by atoms with Crippen LogP contribution in [0.4, 0.5) is 5.69 Å². The van der Waals surface area contributed by atoms with Crippen LogP contribution in [0.15, 0.2) is 95.5 Å². The maximum Gasteiger partial charge on any atom is 0.277 e. The number of amides is 1. The molecule has 0 aliphatic carbocycles. The molecule has 1 aromatic heterocycles. The summed E-state index contributed by atoms with van der Waals surface area (Å²) in [6, 6.07) is 28.3. The molecule has 0 aliphatic rings. The van der Waals surface area contributed by atoms with E-state index in [0.717, 1.165) is 16.9 Å². The summed E-state index contributed by atoms with van der Waals surface area (Å²) in [6.07, 6.45) is 0. The molecule has 1 N–H and O–H groups in total. The Morgan fingerprint density at radius 2 is 1.57 bits per heavy atom. The lowest BCUT2D eigenvalue weighted by Crippen LogP contribution is -2.12. The number of nitrogens with one attached hydrogen (secondary N) is 1. The molecule has 0 saturated heterocycles. The average Bonchev–Trinajstić information content (AvgIpc) is 3.25. The van der Waals surface area contributed by atoms with Gasteiger partial charge in [-0.2, -0.15) is 0 Å². The topological polar surface area (TPSA) is 64.4 Å². The Balaban J connectivity index is 1.36. The fraction of sp³-hybridized carbons (Fsp3) is 0.0435. The molecule has 0 aliphatic heterocycles. The van der Waals surface area contributed by atoms with Crippen LogP contribution in [0.25, 0.3) is 11.3 Å². The van der Waals surface area contributed by atoms with E-state index in [2.05, 4.69) is 10.5 Å². The molecule has 138 valence electrons. The molecule has 0 saturated carbocycles. The molecule has 1 heterocycles. The first kappa shape index (κ1) is 17.5. The van der Waals surface area contributed by atoms with Crippen molar-refractivity contribution in [2.24, 2.45) is 0 Å². The molecule has 1 amide bonds. The fourth-order valence-electron chi connectivity index (χ4n) is 2.69. The third-order valence-corrected chi connectivity index (χ3v) is 4.16. The zero-order chi connectivity index (χ0) is 19.2. The molecule has 28 heavy (non-hydrogen) atoms. The summed E-state index contributed by atoms with van der Waals surface area (Å²) < 4.78 is 11.0. The number of aromatic nitrogens is 1. The number of nitrogens with zero attached hydrogens (tertiary/aromatic N) is 1. The van der Waals surface area contributed by atoms with Gasteiger partial charge in [0.15, 0.2) is 11.5 Å². The molecule has 5 nitrogen and oxygen atoms in total. The highest BCUT2D eigenvalue weighted by Crippen LogP contribution is 2.21. The quantitative estimate of drug-likeness (QED) is 0.508. The largest absolute Gasteiger partial charge is 0.489 e. The van der Waals surface area contributed by atoms with Gasteiger partial charge in [-0.15, -0.1) is 0 Å². The maximum absolute atomic E-state index is 12.4. The molecule has 0 fully saturated rings. The van der Waals surface area contributed by atoms with Gasteiger partial charge in [-0.3, -0.25) is 4.79 Å². The van der Waals surface area contributed by atoms with Gasteiger partial charge in [0.2, 0.25) is 0 Å². The van der Waals surface area contributed by atoms with Crippen molar-refractivity contribution in [1.29, 1.82) is 0 Å². The van der Waals surface area contributed by atoms with Gasteiger partial charge < -0.3 is 14.6 Å². The number of ether oxygens (including phenoxy) is 1. The number of hydrogen-bond donors (Lipinski definition) is 1. The molecular weight excluding hydrogens is 352 g/mol. The molecule has 0 atom stereocenters. The van der Waals surface area contributed by atoms with Crippen LogP contribution in [0.2, 0.25) is 0 Å². The minimum absolute atomic E-state index is 0.225. The molecule has 0 spiro atoms. The summed E-state index contributed by atoms with van der Waals surface area (Å²) in [4.78, 5) is 12.4. The Hall–Kier alpha value is -3.86.